The Hall–Kier alpha value is -0.320. The smallest absolute Gasteiger partial charge is 0.147 e. The number of aromatic nitrogens is 1. The molecular formula is C13H19BrClN3. The zero-order chi connectivity index (χ0) is 13.0. The second-order valence-corrected chi connectivity index (χ2v) is 5.98. The van der Waals surface area contributed by atoms with Crippen LogP contribution in [-0.4, -0.2) is 30.7 Å². The highest BCUT2D eigenvalue weighted by atomic mass is 79.9. The maximum absolute atomic E-state index is 6.28. The molecule has 0 bridgehead atoms. The summed E-state index contributed by atoms with van der Waals surface area (Å²) >= 11 is 9.68. The second-order valence-electron chi connectivity index (χ2n) is 4.65. The van der Waals surface area contributed by atoms with Crippen LogP contribution in [-0.2, 0) is 0 Å². The third kappa shape index (κ3) is 3.37. The molecule has 0 saturated carbocycles. The number of pyridine rings is 1. The highest BCUT2D eigenvalue weighted by molar-refractivity contribution is 9.10. The minimum Gasteiger partial charge on any atom is -0.351 e. The van der Waals surface area contributed by atoms with Crippen LogP contribution in [0.3, 0.4) is 0 Å². The maximum atomic E-state index is 6.28. The van der Waals surface area contributed by atoms with Gasteiger partial charge >= 0.3 is 0 Å². The fourth-order valence-corrected chi connectivity index (χ4v) is 3.13. The number of nitrogens with one attached hydrogen (secondary N) is 1. The molecule has 3 nitrogen and oxygen atoms in total. The van der Waals surface area contributed by atoms with Gasteiger partial charge in [0.2, 0.25) is 0 Å². The number of anilines is 1. The fraction of sp³-hybridized carbons (Fsp3) is 0.615. The van der Waals surface area contributed by atoms with E-state index in [-0.39, 0.29) is 0 Å². The van der Waals surface area contributed by atoms with Crippen molar-refractivity contribution in [3.63, 3.8) is 0 Å². The van der Waals surface area contributed by atoms with Crippen molar-refractivity contribution in [2.75, 3.05) is 24.5 Å². The molecular weight excluding hydrogens is 314 g/mol. The molecule has 1 fully saturated rings. The van der Waals surface area contributed by atoms with Crippen molar-refractivity contribution >= 4 is 33.3 Å². The van der Waals surface area contributed by atoms with E-state index in [0.29, 0.717) is 6.04 Å². The van der Waals surface area contributed by atoms with E-state index < -0.39 is 0 Å². The van der Waals surface area contributed by atoms with Gasteiger partial charge in [0.05, 0.1) is 5.02 Å². The Morgan fingerprint density at radius 3 is 3.17 bits per heavy atom. The Labute approximate surface area is 122 Å². The van der Waals surface area contributed by atoms with E-state index in [4.69, 9.17) is 11.6 Å². The normalized spacial score (nSPS) is 19.5. The monoisotopic (exact) mass is 331 g/mol. The lowest BCUT2D eigenvalue weighted by atomic mass is 10.2. The SMILES string of the molecule is CCCNCC1CCCN1c1ncc(Br)cc1Cl. The van der Waals surface area contributed by atoms with Gasteiger partial charge in [0.1, 0.15) is 5.82 Å². The first kappa shape index (κ1) is 14.1. The minimum absolute atomic E-state index is 0.516. The second kappa shape index (κ2) is 6.73. The van der Waals surface area contributed by atoms with E-state index in [1.807, 2.05) is 12.3 Å². The molecule has 1 atom stereocenters. The molecule has 0 amide bonds. The summed E-state index contributed by atoms with van der Waals surface area (Å²) in [5, 5.41) is 4.21. The molecule has 1 aliphatic rings. The van der Waals surface area contributed by atoms with Gasteiger partial charge in [0, 0.05) is 29.8 Å². The van der Waals surface area contributed by atoms with E-state index in [9.17, 15) is 0 Å². The first-order valence-electron chi connectivity index (χ1n) is 6.50. The highest BCUT2D eigenvalue weighted by Crippen LogP contribution is 2.31. The first-order chi connectivity index (χ1) is 8.72. The standard InChI is InChI=1S/C13H19BrClN3/c1-2-5-16-9-11-4-3-6-18(11)13-12(15)7-10(14)8-17-13/h7-8,11,16H,2-6,9H2,1H3. The van der Waals surface area contributed by atoms with Gasteiger partial charge in [-0.1, -0.05) is 18.5 Å². The third-order valence-corrected chi connectivity index (χ3v) is 3.96. The topological polar surface area (TPSA) is 28.2 Å². The third-order valence-electron chi connectivity index (χ3n) is 3.24. The van der Waals surface area contributed by atoms with Crippen molar-refractivity contribution in [1.82, 2.24) is 10.3 Å². The molecule has 1 aromatic heterocycles. The summed E-state index contributed by atoms with van der Waals surface area (Å²) in [7, 11) is 0. The molecule has 100 valence electrons. The highest BCUT2D eigenvalue weighted by Gasteiger charge is 2.26. The van der Waals surface area contributed by atoms with Crippen molar-refractivity contribution < 1.29 is 0 Å². The Balaban J connectivity index is 2.06. The van der Waals surface area contributed by atoms with Crippen LogP contribution in [0.25, 0.3) is 0 Å². The average Bonchev–Trinajstić information content (AvgIpc) is 2.78. The van der Waals surface area contributed by atoms with E-state index in [2.05, 4.69) is 38.1 Å². The van der Waals surface area contributed by atoms with Crippen LogP contribution < -0.4 is 10.2 Å². The molecule has 1 aromatic rings. The van der Waals surface area contributed by atoms with Gasteiger partial charge in [0.15, 0.2) is 0 Å². The lowest BCUT2D eigenvalue weighted by Crippen LogP contribution is -2.38. The summed E-state index contributed by atoms with van der Waals surface area (Å²) in [5.74, 6) is 0.917. The van der Waals surface area contributed by atoms with Gasteiger partial charge in [-0.2, -0.15) is 0 Å². The Bertz CT molecular complexity index is 400. The molecule has 1 N–H and O–H groups in total. The predicted octanol–water partition coefficient (Wildman–Crippen LogP) is 3.47. The Kier molecular flexibility index (Phi) is 5.27. The van der Waals surface area contributed by atoms with Crippen molar-refractivity contribution in [2.45, 2.75) is 32.2 Å². The van der Waals surface area contributed by atoms with Crippen molar-refractivity contribution in [1.29, 1.82) is 0 Å². The van der Waals surface area contributed by atoms with Gasteiger partial charge in [-0.25, -0.2) is 4.98 Å². The maximum Gasteiger partial charge on any atom is 0.147 e. The number of halogens is 2. The Morgan fingerprint density at radius 2 is 2.44 bits per heavy atom. The molecule has 1 aliphatic heterocycles. The van der Waals surface area contributed by atoms with E-state index in [1.54, 1.807) is 0 Å². The summed E-state index contributed by atoms with van der Waals surface area (Å²) in [6, 6.07) is 2.43. The quantitative estimate of drug-likeness (QED) is 0.837. The lowest BCUT2D eigenvalue weighted by molar-refractivity contribution is 0.568. The molecule has 0 spiro atoms. The van der Waals surface area contributed by atoms with Gasteiger partial charge < -0.3 is 10.2 Å². The van der Waals surface area contributed by atoms with Gasteiger partial charge in [0.25, 0.3) is 0 Å². The van der Waals surface area contributed by atoms with Crippen LogP contribution in [0.4, 0.5) is 5.82 Å². The zero-order valence-corrected chi connectivity index (χ0v) is 13.0. The van der Waals surface area contributed by atoms with Crippen LogP contribution in [0, 0.1) is 0 Å². The summed E-state index contributed by atoms with van der Waals surface area (Å²) < 4.78 is 0.927. The summed E-state index contributed by atoms with van der Waals surface area (Å²) in [6.07, 6.45) is 5.41. The molecule has 2 heterocycles. The molecule has 5 heteroatoms. The van der Waals surface area contributed by atoms with Crippen molar-refractivity contribution in [3.05, 3.63) is 21.8 Å². The molecule has 1 unspecified atom stereocenters. The van der Waals surface area contributed by atoms with Crippen LogP contribution in [0.15, 0.2) is 16.7 Å². The number of hydrogen-bond donors (Lipinski definition) is 1. The molecule has 2 rings (SSSR count). The number of rotatable bonds is 5. The first-order valence-corrected chi connectivity index (χ1v) is 7.68. The summed E-state index contributed by atoms with van der Waals surface area (Å²) in [4.78, 5) is 6.79. The van der Waals surface area contributed by atoms with E-state index >= 15 is 0 Å². The Morgan fingerprint density at radius 1 is 1.61 bits per heavy atom. The van der Waals surface area contributed by atoms with Gasteiger partial charge in [-0.3, -0.25) is 0 Å². The molecule has 0 aromatic carbocycles. The van der Waals surface area contributed by atoms with Crippen LogP contribution in [0.1, 0.15) is 26.2 Å². The van der Waals surface area contributed by atoms with E-state index in [1.165, 1.54) is 19.3 Å². The molecule has 0 aliphatic carbocycles. The predicted molar refractivity (Wildman–Crippen MR) is 80.5 cm³/mol. The van der Waals surface area contributed by atoms with E-state index in [0.717, 1.165) is 34.9 Å². The molecule has 1 saturated heterocycles. The summed E-state index contributed by atoms with van der Waals surface area (Å²) in [6.45, 7) is 5.33. The lowest BCUT2D eigenvalue weighted by Gasteiger charge is -2.26. The van der Waals surface area contributed by atoms with Crippen molar-refractivity contribution in [2.24, 2.45) is 0 Å². The summed E-state index contributed by atoms with van der Waals surface area (Å²) in [5.41, 5.74) is 0. The number of nitrogens with zero attached hydrogens (tertiary/aromatic N) is 2. The minimum atomic E-state index is 0.516. The molecule has 0 radical (unpaired) electrons. The van der Waals surface area contributed by atoms with Crippen molar-refractivity contribution in [3.8, 4) is 0 Å². The zero-order valence-electron chi connectivity index (χ0n) is 10.6. The fourth-order valence-electron chi connectivity index (χ4n) is 2.39. The van der Waals surface area contributed by atoms with Crippen LogP contribution in [0.2, 0.25) is 5.02 Å². The van der Waals surface area contributed by atoms with Gasteiger partial charge in [-0.15, -0.1) is 0 Å². The molecule has 18 heavy (non-hydrogen) atoms. The van der Waals surface area contributed by atoms with Crippen LogP contribution >= 0.6 is 27.5 Å². The largest absolute Gasteiger partial charge is 0.351 e. The average molecular weight is 333 g/mol. The van der Waals surface area contributed by atoms with Crippen LogP contribution in [0.5, 0.6) is 0 Å². The number of hydrogen-bond acceptors (Lipinski definition) is 3. The van der Waals surface area contributed by atoms with Gasteiger partial charge in [-0.05, 0) is 47.8 Å².